The molecule has 0 saturated carbocycles. The molecule has 1 aliphatic heterocycles. The molecule has 3 rings (SSSR count). The molecular formula is C19H26N2O. The molecule has 0 amide bonds. The number of ether oxygens (including phenoxy) is 1. The first kappa shape index (κ1) is 15.5. The van der Waals surface area contributed by atoms with E-state index in [0.717, 1.165) is 26.2 Å². The SMILES string of the molecule is CC(CC1COCCN1)NC(C)c1cccc2ccccc12. The molecular weight excluding hydrogens is 272 g/mol. The summed E-state index contributed by atoms with van der Waals surface area (Å²) in [5, 5.41) is 9.92. The summed E-state index contributed by atoms with van der Waals surface area (Å²) >= 11 is 0. The van der Waals surface area contributed by atoms with Crippen LogP contribution in [0.1, 0.15) is 31.9 Å². The van der Waals surface area contributed by atoms with Crippen molar-refractivity contribution in [3.8, 4) is 0 Å². The minimum Gasteiger partial charge on any atom is -0.379 e. The summed E-state index contributed by atoms with van der Waals surface area (Å²) in [6, 6.07) is 16.4. The fourth-order valence-corrected chi connectivity index (χ4v) is 3.41. The Kier molecular flexibility index (Phi) is 5.08. The average Bonchev–Trinajstić information content (AvgIpc) is 2.55. The Morgan fingerprint density at radius 2 is 2.00 bits per heavy atom. The molecule has 3 unspecified atom stereocenters. The predicted molar refractivity (Wildman–Crippen MR) is 92.2 cm³/mol. The van der Waals surface area contributed by atoms with Gasteiger partial charge in [-0.15, -0.1) is 0 Å². The first-order chi connectivity index (χ1) is 10.7. The minimum absolute atomic E-state index is 0.339. The molecule has 0 bridgehead atoms. The van der Waals surface area contributed by atoms with Crippen molar-refractivity contribution < 1.29 is 4.74 Å². The van der Waals surface area contributed by atoms with E-state index in [1.54, 1.807) is 0 Å². The highest BCUT2D eigenvalue weighted by Gasteiger charge is 2.18. The third-order valence-electron chi connectivity index (χ3n) is 4.46. The zero-order valence-electron chi connectivity index (χ0n) is 13.5. The van der Waals surface area contributed by atoms with Gasteiger partial charge in [0.05, 0.1) is 13.2 Å². The maximum atomic E-state index is 5.54. The molecule has 2 aromatic rings. The number of rotatable bonds is 5. The van der Waals surface area contributed by atoms with Gasteiger partial charge >= 0.3 is 0 Å². The van der Waals surface area contributed by atoms with Crippen LogP contribution >= 0.6 is 0 Å². The molecule has 1 fully saturated rings. The molecule has 22 heavy (non-hydrogen) atoms. The lowest BCUT2D eigenvalue weighted by atomic mass is 9.98. The van der Waals surface area contributed by atoms with Gasteiger partial charge in [0.2, 0.25) is 0 Å². The summed E-state index contributed by atoms with van der Waals surface area (Å²) in [5.74, 6) is 0. The number of fused-ring (bicyclic) bond motifs is 1. The monoisotopic (exact) mass is 298 g/mol. The van der Waals surface area contributed by atoms with Gasteiger partial charge in [-0.2, -0.15) is 0 Å². The van der Waals surface area contributed by atoms with Gasteiger partial charge in [-0.25, -0.2) is 0 Å². The van der Waals surface area contributed by atoms with E-state index in [1.807, 2.05) is 0 Å². The lowest BCUT2D eigenvalue weighted by Gasteiger charge is -2.28. The molecule has 3 atom stereocenters. The van der Waals surface area contributed by atoms with Crippen LogP contribution in [0.2, 0.25) is 0 Å². The van der Waals surface area contributed by atoms with E-state index < -0.39 is 0 Å². The van der Waals surface area contributed by atoms with Crippen LogP contribution in [0.15, 0.2) is 42.5 Å². The number of hydrogen-bond donors (Lipinski definition) is 2. The Morgan fingerprint density at radius 1 is 1.18 bits per heavy atom. The molecule has 0 radical (unpaired) electrons. The molecule has 2 aromatic carbocycles. The first-order valence-electron chi connectivity index (χ1n) is 8.29. The standard InChI is InChI=1S/C19H26N2O/c1-14(12-17-13-22-11-10-20-17)21-15(2)18-9-5-7-16-6-3-4-8-19(16)18/h3-9,14-15,17,20-21H,10-13H2,1-2H3. The third kappa shape index (κ3) is 3.67. The minimum atomic E-state index is 0.339. The van der Waals surface area contributed by atoms with Crippen molar-refractivity contribution in [2.75, 3.05) is 19.8 Å². The van der Waals surface area contributed by atoms with Crippen LogP contribution in [0.3, 0.4) is 0 Å². The van der Waals surface area contributed by atoms with Gasteiger partial charge < -0.3 is 15.4 Å². The highest BCUT2D eigenvalue weighted by atomic mass is 16.5. The normalized spacial score (nSPS) is 21.6. The van der Waals surface area contributed by atoms with Crippen LogP contribution in [0.5, 0.6) is 0 Å². The van der Waals surface area contributed by atoms with Gasteiger partial charge in [0.25, 0.3) is 0 Å². The van der Waals surface area contributed by atoms with Crippen molar-refractivity contribution in [3.05, 3.63) is 48.0 Å². The maximum Gasteiger partial charge on any atom is 0.0620 e. The summed E-state index contributed by atoms with van der Waals surface area (Å²) in [6.45, 7) is 7.15. The smallest absolute Gasteiger partial charge is 0.0620 e. The fourth-order valence-electron chi connectivity index (χ4n) is 3.41. The zero-order valence-corrected chi connectivity index (χ0v) is 13.5. The molecule has 0 aromatic heterocycles. The van der Waals surface area contributed by atoms with Crippen LogP contribution in [0.25, 0.3) is 10.8 Å². The van der Waals surface area contributed by atoms with Crippen molar-refractivity contribution in [1.29, 1.82) is 0 Å². The topological polar surface area (TPSA) is 33.3 Å². The lowest BCUT2D eigenvalue weighted by Crippen LogP contribution is -2.45. The number of benzene rings is 2. The van der Waals surface area contributed by atoms with Gasteiger partial charge in [-0.05, 0) is 36.6 Å². The van der Waals surface area contributed by atoms with Gasteiger partial charge in [0.1, 0.15) is 0 Å². The van der Waals surface area contributed by atoms with Crippen molar-refractivity contribution in [2.45, 2.75) is 38.4 Å². The summed E-state index contributed by atoms with van der Waals surface area (Å²) in [6.07, 6.45) is 1.09. The third-order valence-corrected chi connectivity index (χ3v) is 4.46. The van der Waals surface area contributed by atoms with E-state index in [9.17, 15) is 0 Å². The highest BCUT2D eigenvalue weighted by molar-refractivity contribution is 5.86. The van der Waals surface area contributed by atoms with Gasteiger partial charge in [0, 0.05) is 24.7 Å². The van der Waals surface area contributed by atoms with Crippen molar-refractivity contribution in [1.82, 2.24) is 10.6 Å². The molecule has 3 nitrogen and oxygen atoms in total. The quantitative estimate of drug-likeness (QED) is 0.889. The van der Waals surface area contributed by atoms with E-state index in [-0.39, 0.29) is 0 Å². The lowest BCUT2D eigenvalue weighted by molar-refractivity contribution is 0.0708. The van der Waals surface area contributed by atoms with Gasteiger partial charge in [0.15, 0.2) is 0 Å². The Bertz CT molecular complexity index is 602. The fraction of sp³-hybridized carbons (Fsp3) is 0.474. The second kappa shape index (κ2) is 7.23. The van der Waals surface area contributed by atoms with Crippen LogP contribution in [-0.4, -0.2) is 31.8 Å². The molecule has 0 spiro atoms. The Labute approximate surface area is 133 Å². The van der Waals surface area contributed by atoms with E-state index in [1.165, 1.54) is 16.3 Å². The number of hydrogen-bond acceptors (Lipinski definition) is 3. The number of nitrogens with one attached hydrogen (secondary N) is 2. The second-order valence-corrected chi connectivity index (χ2v) is 6.32. The van der Waals surface area contributed by atoms with Crippen LogP contribution < -0.4 is 10.6 Å². The molecule has 0 aliphatic carbocycles. The Morgan fingerprint density at radius 3 is 2.82 bits per heavy atom. The molecule has 1 heterocycles. The van der Waals surface area contributed by atoms with Crippen molar-refractivity contribution in [2.24, 2.45) is 0 Å². The molecule has 1 aliphatic rings. The largest absolute Gasteiger partial charge is 0.379 e. The average molecular weight is 298 g/mol. The van der Waals surface area contributed by atoms with Crippen LogP contribution in [0, 0.1) is 0 Å². The molecule has 1 saturated heterocycles. The van der Waals surface area contributed by atoms with Gasteiger partial charge in [-0.1, -0.05) is 42.5 Å². The number of morpholine rings is 1. The Hall–Kier alpha value is -1.42. The van der Waals surface area contributed by atoms with E-state index in [2.05, 4.69) is 66.9 Å². The summed E-state index contributed by atoms with van der Waals surface area (Å²) < 4.78 is 5.54. The van der Waals surface area contributed by atoms with E-state index in [4.69, 9.17) is 4.74 Å². The van der Waals surface area contributed by atoms with Gasteiger partial charge in [-0.3, -0.25) is 0 Å². The van der Waals surface area contributed by atoms with E-state index in [0.29, 0.717) is 18.1 Å². The predicted octanol–water partition coefficient (Wildman–Crippen LogP) is 3.26. The zero-order chi connectivity index (χ0) is 15.4. The highest BCUT2D eigenvalue weighted by Crippen LogP contribution is 2.24. The molecule has 118 valence electrons. The van der Waals surface area contributed by atoms with Crippen molar-refractivity contribution in [3.63, 3.8) is 0 Å². The van der Waals surface area contributed by atoms with Crippen molar-refractivity contribution >= 4 is 10.8 Å². The summed E-state index contributed by atoms with van der Waals surface area (Å²) in [7, 11) is 0. The second-order valence-electron chi connectivity index (χ2n) is 6.32. The molecule has 3 heteroatoms. The van der Waals surface area contributed by atoms with Crippen LogP contribution in [0.4, 0.5) is 0 Å². The van der Waals surface area contributed by atoms with Crippen LogP contribution in [-0.2, 0) is 4.74 Å². The maximum absolute atomic E-state index is 5.54. The first-order valence-corrected chi connectivity index (χ1v) is 8.29. The Balaban J connectivity index is 1.66. The molecule has 2 N–H and O–H groups in total. The van der Waals surface area contributed by atoms with E-state index >= 15 is 0 Å². The summed E-state index contributed by atoms with van der Waals surface area (Å²) in [4.78, 5) is 0. The summed E-state index contributed by atoms with van der Waals surface area (Å²) in [5.41, 5.74) is 1.37.